The summed E-state index contributed by atoms with van der Waals surface area (Å²) in [7, 11) is 3.44. The number of carbonyl (C=O) groups is 2. The van der Waals surface area contributed by atoms with Crippen LogP contribution in [0.3, 0.4) is 0 Å². The molecule has 29 heavy (non-hydrogen) atoms. The maximum Gasteiger partial charge on any atom is 0.279 e. The highest BCUT2D eigenvalue weighted by Crippen LogP contribution is 2.21. The number of hydrogen-bond acceptors (Lipinski definition) is 2. The summed E-state index contributed by atoms with van der Waals surface area (Å²) in [5.74, 6) is 0.806. The van der Waals surface area contributed by atoms with Crippen molar-refractivity contribution in [2.45, 2.75) is 39.7 Å². The van der Waals surface area contributed by atoms with Crippen molar-refractivity contribution in [1.82, 2.24) is 4.90 Å². The van der Waals surface area contributed by atoms with Gasteiger partial charge in [0.2, 0.25) is 0 Å². The smallest absolute Gasteiger partial charge is 0.279 e. The monoisotopic (exact) mass is 396 g/mol. The number of nitrogens with two attached hydrogens (primary N) is 1. The Morgan fingerprint density at radius 3 is 1.93 bits per heavy atom. The molecule has 0 spiro atoms. The van der Waals surface area contributed by atoms with Gasteiger partial charge in [0, 0.05) is 36.8 Å². The molecule has 2 aromatic rings. The summed E-state index contributed by atoms with van der Waals surface area (Å²) in [5, 5.41) is 5.00. The van der Waals surface area contributed by atoms with Crippen LogP contribution in [0.2, 0.25) is 0 Å². The van der Waals surface area contributed by atoms with E-state index in [0.717, 1.165) is 0 Å². The van der Waals surface area contributed by atoms with Crippen LogP contribution < -0.4 is 10.6 Å². The molecule has 156 valence electrons. The minimum atomic E-state index is -0.0560. The summed E-state index contributed by atoms with van der Waals surface area (Å²) < 4.78 is 0. The molecule has 0 bridgehead atoms. The molecular formula is C24H34N3O2+. The first kappa shape index (κ1) is 22.6. The van der Waals surface area contributed by atoms with E-state index >= 15 is 0 Å². The number of hydrogen-bond donors (Lipinski definition) is 2. The van der Waals surface area contributed by atoms with Gasteiger partial charge in [0.25, 0.3) is 11.8 Å². The zero-order chi connectivity index (χ0) is 21.6. The van der Waals surface area contributed by atoms with E-state index in [0.29, 0.717) is 29.6 Å². The molecule has 2 rings (SSSR count). The minimum Gasteiger partial charge on any atom is -0.345 e. The maximum atomic E-state index is 12.4. The van der Waals surface area contributed by atoms with E-state index < -0.39 is 0 Å². The largest absolute Gasteiger partial charge is 0.345 e. The van der Waals surface area contributed by atoms with E-state index in [1.54, 1.807) is 38.4 Å². The summed E-state index contributed by atoms with van der Waals surface area (Å²) >= 11 is 0. The lowest BCUT2D eigenvalue weighted by Crippen LogP contribution is -2.88. The molecule has 0 aliphatic carbocycles. The average Bonchev–Trinajstić information content (AvgIpc) is 2.68. The predicted molar refractivity (Wildman–Crippen MR) is 118 cm³/mol. The van der Waals surface area contributed by atoms with Gasteiger partial charge in [0.1, 0.15) is 6.04 Å². The lowest BCUT2D eigenvalue weighted by atomic mass is 9.93. The van der Waals surface area contributed by atoms with Crippen molar-refractivity contribution in [1.29, 1.82) is 0 Å². The molecule has 0 heterocycles. The molecule has 5 heteroatoms. The second-order valence-corrected chi connectivity index (χ2v) is 8.36. The van der Waals surface area contributed by atoms with E-state index in [-0.39, 0.29) is 17.9 Å². The number of anilines is 1. The zero-order valence-corrected chi connectivity index (χ0v) is 18.4. The van der Waals surface area contributed by atoms with Gasteiger partial charge in [-0.05, 0) is 35.7 Å². The fourth-order valence-corrected chi connectivity index (χ4v) is 3.30. The molecule has 0 aliphatic heterocycles. The molecular weight excluding hydrogens is 362 g/mol. The standard InChI is InChI=1S/C24H33N3O2/c1-16(2)18-7-9-19(10-8-18)23(17(3)4)25-15-22(28)26-21-13-11-20(12-14-21)24(29)27(5)6/h7-14,16-17,23,25H,15H2,1-6H3,(H,26,28)/p+1/t23-/m1/s1. The van der Waals surface area contributed by atoms with Crippen LogP contribution in [0, 0.1) is 5.92 Å². The Bertz CT molecular complexity index is 809. The first-order valence-electron chi connectivity index (χ1n) is 10.2. The second kappa shape index (κ2) is 10.2. The third-order valence-corrected chi connectivity index (χ3v) is 5.09. The normalized spacial score (nSPS) is 12.1. The number of quaternary nitrogens is 1. The number of benzene rings is 2. The van der Waals surface area contributed by atoms with Gasteiger partial charge in [-0.3, -0.25) is 9.59 Å². The van der Waals surface area contributed by atoms with Gasteiger partial charge in [-0.1, -0.05) is 52.0 Å². The van der Waals surface area contributed by atoms with E-state index in [1.165, 1.54) is 16.0 Å². The highest BCUT2D eigenvalue weighted by molar-refractivity contribution is 5.95. The van der Waals surface area contributed by atoms with Crippen molar-refractivity contribution in [3.63, 3.8) is 0 Å². The Morgan fingerprint density at radius 2 is 1.45 bits per heavy atom. The molecule has 0 unspecified atom stereocenters. The van der Waals surface area contributed by atoms with Crippen molar-refractivity contribution in [3.05, 3.63) is 65.2 Å². The second-order valence-electron chi connectivity index (χ2n) is 8.36. The fraction of sp³-hybridized carbons (Fsp3) is 0.417. The fourth-order valence-electron chi connectivity index (χ4n) is 3.30. The van der Waals surface area contributed by atoms with E-state index in [9.17, 15) is 9.59 Å². The molecule has 0 aliphatic rings. The molecule has 5 nitrogen and oxygen atoms in total. The van der Waals surface area contributed by atoms with Crippen LogP contribution in [0.25, 0.3) is 0 Å². The van der Waals surface area contributed by atoms with Crippen molar-refractivity contribution in [2.75, 3.05) is 26.0 Å². The molecule has 1 atom stereocenters. The summed E-state index contributed by atoms with van der Waals surface area (Å²) in [6.07, 6.45) is 0. The van der Waals surface area contributed by atoms with Crippen molar-refractivity contribution < 1.29 is 14.9 Å². The van der Waals surface area contributed by atoms with Crippen LogP contribution in [0.15, 0.2) is 48.5 Å². The van der Waals surface area contributed by atoms with Crippen molar-refractivity contribution >= 4 is 17.5 Å². The van der Waals surface area contributed by atoms with Crippen molar-refractivity contribution in [3.8, 4) is 0 Å². The molecule has 0 saturated carbocycles. The number of nitrogens with one attached hydrogen (secondary N) is 1. The summed E-state index contributed by atoms with van der Waals surface area (Å²) in [6.45, 7) is 9.07. The third-order valence-electron chi connectivity index (χ3n) is 5.09. The SMILES string of the molecule is CC(C)c1ccc([C@H]([NH2+]CC(=O)Nc2ccc(C(=O)N(C)C)cc2)C(C)C)cc1. The van der Waals surface area contributed by atoms with Gasteiger partial charge in [-0.25, -0.2) is 0 Å². The van der Waals surface area contributed by atoms with E-state index in [1.807, 2.05) is 0 Å². The van der Waals surface area contributed by atoms with Gasteiger partial charge in [-0.2, -0.15) is 0 Å². The maximum absolute atomic E-state index is 12.4. The Morgan fingerprint density at radius 1 is 0.897 bits per heavy atom. The Balaban J connectivity index is 1.96. The number of nitrogens with zero attached hydrogens (tertiary/aromatic N) is 1. The van der Waals surface area contributed by atoms with Crippen LogP contribution in [0.1, 0.15) is 61.1 Å². The average molecular weight is 397 g/mol. The van der Waals surface area contributed by atoms with E-state index in [2.05, 4.69) is 62.6 Å². The van der Waals surface area contributed by atoms with Gasteiger partial charge in [-0.15, -0.1) is 0 Å². The number of carbonyl (C=O) groups excluding carboxylic acids is 2. The van der Waals surface area contributed by atoms with Crippen LogP contribution in [-0.2, 0) is 4.79 Å². The minimum absolute atomic E-state index is 0.0545. The molecule has 0 saturated heterocycles. The molecule has 3 N–H and O–H groups in total. The Hall–Kier alpha value is -2.66. The van der Waals surface area contributed by atoms with Crippen LogP contribution in [0.4, 0.5) is 5.69 Å². The summed E-state index contributed by atoms with van der Waals surface area (Å²) in [4.78, 5) is 25.9. The Labute approximate surface area is 174 Å². The zero-order valence-electron chi connectivity index (χ0n) is 18.4. The van der Waals surface area contributed by atoms with Crippen molar-refractivity contribution in [2.24, 2.45) is 5.92 Å². The Kier molecular flexibility index (Phi) is 7.97. The molecule has 2 amide bonds. The van der Waals surface area contributed by atoms with Crippen LogP contribution in [0.5, 0.6) is 0 Å². The number of rotatable bonds is 8. The molecule has 0 radical (unpaired) electrons. The summed E-state index contributed by atoms with van der Waals surface area (Å²) in [5.41, 5.74) is 3.86. The van der Waals surface area contributed by atoms with Crippen LogP contribution in [-0.4, -0.2) is 37.4 Å². The van der Waals surface area contributed by atoms with Gasteiger partial charge >= 0.3 is 0 Å². The van der Waals surface area contributed by atoms with E-state index in [4.69, 9.17) is 0 Å². The van der Waals surface area contributed by atoms with Gasteiger partial charge < -0.3 is 15.5 Å². The quantitative estimate of drug-likeness (QED) is 0.718. The number of amides is 2. The lowest BCUT2D eigenvalue weighted by Gasteiger charge is -2.20. The van der Waals surface area contributed by atoms with Crippen LogP contribution >= 0.6 is 0 Å². The third kappa shape index (κ3) is 6.43. The predicted octanol–water partition coefficient (Wildman–Crippen LogP) is 3.41. The molecule has 0 aromatic heterocycles. The first-order chi connectivity index (χ1) is 13.7. The molecule has 0 fully saturated rings. The highest BCUT2D eigenvalue weighted by atomic mass is 16.2. The molecule has 2 aromatic carbocycles. The first-order valence-corrected chi connectivity index (χ1v) is 10.2. The van der Waals surface area contributed by atoms with Gasteiger partial charge in [0.15, 0.2) is 6.54 Å². The summed E-state index contributed by atoms with van der Waals surface area (Å²) in [6, 6.07) is 15.9. The highest BCUT2D eigenvalue weighted by Gasteiger charge is 2.20. The lowest BCUT2D eigenvalue weighted by molar-refractivity contribution is -0.692. The topological polar surface area (TPSA) is 66.0 Å². The van der Waals surface area contributed by atoms with Gasteiger partial charge in [0.05, 0.1) is 0 Å².